The van der Waals surface area contributed by atoms with Gasteiger partial charge >= 0.3 is 0 Å². The summed E-state index contributed by atoms with van der Waals surface area (Å²) in [5, 5.41) is 5.87. The summed E-state index contributed by atoms with van der Waals surface area (Å²) in [6, 6.07) is 7.20. The van der Waals surface area contributed by atoms with E-state index in [1.807, 2.05) is 18.9 Å². The number of anilines is 1. The van der Waals surface area contributed by atoms with E-state index in [1.165, 1.54) is 12.8 Å². The van der Waals surface area contributed by atoms with Gasteiger partial charge in [0.2, 0.25) is 5.91 Å². The number of hydrogen-bond acceptors (Lipinski definition) is 3. The molecule has 5 nitrogen and oxygen atoms in total. The fourth-order valence-corrected chi connectivity index (χ4v) is 2.82. The van der Waals surface area contributed by atoms with Crippen molar-refractivity contribution in [3.63, 3.8) is 0 Å². The van der Waals surface area contributed by atoms with Crippen LogP contribution in [-0.2, 0) is 4.79 Å². The fraction of sp³-hybridized carbons (Fsp3) is 0.556. The van der Waals surface area contributed by atoms with Crippen LogP contribution in [0, 0.1) is 5.92 Å². The summed E-state index contributed by atoms with van der Waals surface area (Å²) in [5.74, 6) is -0.0299. The summed E-state index contributed by atoms with van der Waals surface area (Å²) in [5.41, 5.74) is 1.42. The zero-order chi connectivity index (χ0) is 16.7. The van der Waals surface area contributed by atoms with E-state index in [0.717, 1.165) is 31.6 Å². The van der Waals surface area contributed by atoms with Crippen LogP contribution in [0.5, 0.6) is 0 Å². The Hall–Kier alpha value is -1.88. The largest absolute Gasteiger partial charge is 0.339 e. The Labute approximate surface area is 138 Å². The van der Waals surface area contributed by atoms with Gasteiger partial charge in [-0.3, -0.25) is 9.59 Å². The van der Waals surface area contributed by atoms with Crippen molar-refractivity contribution in [2.45, 2.75) is 32.6 Å². The molecule has 0 aromatic heterocycles. The number of amides is 2. The minimum absolute atomic E-state index is 0.0223. The maximum atomic E-state index is 12.5. The molecule has 2 amide bonds. The third-order valence-corrected chi connectivity index (χ3v) is 4.25. The molecule has 1 aliphatic rings. The molecule has 1 aromatic carbocycles. The Kier molecular flexibility index (Phi) is 6.59. The average molecular weight is 317 g/mol. The van der Waals surface area contributed by atoms with E-state index in [9.17, 15) is 9.59 Å². The first-order valence-electron chi connectivity index (χ1n) is 8.46. The van der Waals surface area contributed by atoms with Gasteiger partial charge in [0.1, 0.15) is 0 Å². The van der Waals surface area contributed by atoms with Crippen LogP contribution >= 0.6 is 0 Å². The molecule has 0 radical (unpaired) electrons. The second kappa shape index (κ2) is 8.67. The van der Waals surface area contributed by atoms with Crippen LogP contribution in [0.15, 0.2) is 24.3 Å². The molecule has 0 spiro atoms. The van der Waals surface area contributed by atoms with E-state index in [2.05, 4.69) is 10.6 Å². The van der Waals surface area contributed by atoms with Gasteiger partial charge in [0, 0.05) is 36.8 Å². The molecule has 1 atom stereocenters. The van der Waals surface area contributed by atoms with Crippen LogP contribution in [0.2, 0.25) is 0 Å². The predicted molar refractivity (Wildman–Crippen MR) is 92.5 cm³/mol. The van der Waals surface area contributed by atoms with Crippen LogP contribution in [-0.4, -0.2) is 43.4 Å². The topological polar surface area (TPSA) is 61.4 Å². The standard InChI is InChI=1S/C18H27N3O2/c1-14(13-19-2)17(22)20-16-9-7-15(8-10-16)18(23)21-11-5-3-4-6-12-21/h7-10,14,19H,3-6,11-13H2,1-2H3,(H,20,22). The van der Waals surface area contributed by atoms with E-state index in [0.29, 0.717) is 12.1 Å². The minimum Gasteiger partial charge on any atom is -0.339 e. The Morgan fingerprint density at radius 2 is 1.70 bits per heavy atom. The summed E-state index contributed by atoms with van der Waals surface area (Å²) in [6.07, 6.45) is 4.59. The first kappa shape index (κ1) is 17.5. The van der Waals surface area contributed by atoms with Crippen molar-refractivity contribution < 1.29 is 9.59 Å². The Morgan fingerprint density at radius 1 is 1.09 bits per heavy atom. The molecule has 1 aliphatic heterocycles. The molecule has 1 heterocycles. The predicted octanol–water partition coefficient (Wildman–Crippen LogP) is 2.50. The molecule has 1 fully saturated rings. The third kappa shape index (κ3) is 5.06. The third-order valence-electron chi connectivity index (χ3n) is 4.25. The smallest absolute Gasteiger partial charge is 0.253 e. The maximum Gasteiger partial charge on any atom is 0.253 e. The van der Waals surface area contributed by atoms with Crippen LogP contribution < -0.4 is 10.6 Å². The molecule has 23 heavy (non-hydrogen) atoms. The van der Waals surface area contributed by atoms with Crippen LogP contribution in [0.4, 0.5) is 5.69 Å². The van der Waals surface area contributed by atoms with Crippen molar-refractivity contribution in [2.75, 3.05) is 32.0 Å². The number of likely N-dealkylation sites (tertiary alicyclic amines) is 1. The van der Waals surface area contributed by atoms with Gasteiger partial charge in [0.25, 0.3) is 5.91 Å². The van der Waals surface area contributed by atoms with E-state index in [1.54, 1.807) is 24.3 Å². The van der Waals surface area contributed by atoms with Crippen molar-refractivity contribution in [1.29, 1.82) is 0 Å². The van der Waals surface area contributed by atoms with E-state index >= 15 is 0 Å². The molecule has 2 N–H and O–H groups in total. The van der Waals surface area contributed by atoms with Gasteiger partial charge < -0.3 is 15.5 Å². The number of carbonyl (C=O) groups is 2. The summed E-state index contributed by atoms with van der Waals surface area (Å²) in [4.78, 5) is 26.4. The van der Waals surface area contributed by atoms with E-state index in [4.69, 9.17) is 0 Å². The highest BCUT2D eigenvalue weighted by Gasteiger charge is 2.17. The van der Waals surface area contributed by atoms with Crippen LogP contribution in [0.25, 0.3) is 0 Å². The number of hydrogen-bond donors (Lipinski definition) is 2. The van der Waals surface area contributed by atoms with Crippen molar-refractivity contribution >= 4 is 17.5 Å². The molecular weight excluding hydrogens is 290 g/mol. The van der Waals surface area contributed by atoms with Gasteiger partial charge in [-0.15, -0.1) is 0 Å². The van der Waals surface area contributed by atoms with Crippen molar-refractivity contribution in [3.05, 3.63) is 29.8 Å². The Balaban J connectivity index is 1.95. The lowest BCUT2D eigenvalue weighted by Gasteiger charge is -2.20. The lowest BCUT2D eigenvalue weighted by Crippen LogP contribution is -2.31. The number of benzene rings is 1. The Bertz CT molecular complexity index is 520. The monoisotopic (exact) mass is 317 g/mol. The van der Waals surface area contributed by atoms with Gasteiger partial charge in [-0.25, -0.2) is 0 Å². The summed E-state index contributed by atoms with van der Waals surface area (Å²) < 4.78 is 0. The lowest BCUT2D eigenvalue weighted by atomic mass is 10.1. The van der Waals surface area contributed by atoms with Crippen molar-refractivity contribution in [1.82, 2.24) is 10.2 Å². The van der Waals surface area contributed by atoms with E-state index in [-0.39, 0.29) is 17.7 Å². The van der Waals surface area contributed by atoms with Gasteiger partial charge in [-0.1, -0.05) is 19.8 Å². The molecule has 0 aliphatic carbocycles. The lowest BCUT2D eigenvalue weighted by molar-refractivity contribution is -0.119. The zero-order valence-electron chi connectivity index (χ0n) is 14.1. The first-order valence-corrected chi connectivity index (χ1v) is 8.46. The zero-order valence-corrected chi connectivity index (χ0v) is 14.1. The quantitative estimate of drug-likeness (QED) is 0.877. The van der Waals surface area contributed by atoms with Crippen LogP contribution in [0.3, 0.4) is 0 Å². The second-order valence-corrected chi connectivity index (χ2v) is 6.23. The highest BCUT2D eigenvalue weighted by Crippen LogP contribution is 2.16. The molecule has 1 saturated heterocycles. The molecule has 0 saturated carbocycles. The molecular formula is C18H27N3O2. The molecule has 5 heteroatoms. The number of nitrogens with one attached hydrogen (secondary N) is 2. The SMILES string of the molecule is CNCC(C)C(=O)Nc1ccc(C(=O)N2CCCCCC2)cc1. The average Bonchev–Trinajstić information content (AvgIpc) is 2.84. The molecule has 126 valence electrons. The normalized spacial score (nSPS) is 16.5. The van der Waals surface area contributed by atoms with Crippen molar-refractivity contribution in [2.24, 2.45) is 5.92 Å². The molecule has 1 aromatic rings. The van der Waals surface area contributed by atoms with Gasteiger partial charge in [0.05, 0.1) is 0 Å². The summed E-state index contributed by atoms with van der Waals surface area (Å²) >= 11 is 0. The molecule has 2 rings (SSSR count). The van der Waals surface area contributed by atoms with Gasteiger partial charge in [0.15, 0.2) is 0 Å². The highest BCUT2D eigenvalue weighted by atomic mass is 16.2. The van der Waals surface area contributed by atoms with Crippen molar-refractivity contribution in [3.8, 4) is 0 Å². The maximum absolute atomic E-state index is 12.5. The summed E-state index contributed by atoms with van der Waals surface area (Å²) in [6.45, 7) is 4.21. The first-order chi connectivity index (χ1) is 11.1. The molecule has 0 bridgehead atoms. The second-order valence-electron chi connectivity index (χ2n) is 6.23. The van der Waals surface area contributed by atoms with Gasteiger partial charge in [-0.2, -0.15) is 0 Å². The fourth-order valence-electron chi connectivity index (χ4n) is 2.82. The summed E-state index contributed by atoms with van der Waals surface area (Å²) in [7, 11) is 1.83. The minimum atomic E-state index is -0.0987. The Morgan fingerprint density at radius 3 is 2.26 bits per heavy atom. The number of rotatable bonds is 5. The van der Waals surface area contributed by atoms with E-state index < -0.39 is 0 Å². The van der Waals surface area contributed by atoms with Crippen LogP contribution in [0.1, 0.15) is 43.0 Å². The molecule has 1 unspecified atom stereocenters. The highest BCUT2D eigenvalue weighted by molar-refractivity contribution is 5.96. The van der Waals surface area contributed by atoms with Gasteiger partial charge in [-0.05, 0) is 44.2 Å². The number of nitrogens with zero attached hydrogens (tertiary/aromatic N) is 1. The number of carbonyl (C=O) groups excluding carboxylic acids is 2.